The van der Waals surface area contributed by atoms with Gasteiger partial charge in [0.1, 0.15) is 5.75 Å². The van der Waals surface area contributed by atoms with Crippen molar-refractivity contribution in [1.29, 1.82) is 0 Å². The van der Waals surface area contributed by atoms with Crippen LogP contribution in [0.15, 0.2) is 48.5 Å². The van der Waals surface area contributed by atoms with E-state index in [4.69, 9.17) is 0 Å². The maximum Gasteiger partial charge on any atom is 0.254 e. The van der Waals surface area contributed by atoms with Crippen LogP contribution in [-0.4, -0.2) is 67.6 Å². The Morgan fingerprint density at radius 1 is 0.897 bits per heavy atom. The van der Waals surface area contributed by atoms with E-state index < -0.39 is 10.0 Å². The van der Waals surface area contributed by atoms with E-state index in [1.54, 1.807) is 46.2 Å². The van der Waals surface area contributed by atoms with E-state index in [1.165, 1.54) is 12.1 Å². The van der Waals surface area contributed by atoms with Crippen molar-refractivity contribution < 1.29 is 23.1 Å². The van der Waals surface area contributed by atoms with Gasteiger partial charge in [-0.25, -0.2) is 8.42 Å². The van der Waals surface area contributed by atoms with Gasteiger partial charge in [-0.15, -0.1) is 0 Å². The van der Waals surface area contributed by atoms with Crippen molar-refractivity contribution in [2.24, 2.45) is 0 Å². The molecule has 9 heteroatoms. The lowest BCUT2D eigenvalue weighted by atomic mass is 10.2. The van der Waals surface area contributed by atoms with Crippen molar-refractivity contribution in [2.75, 3.05) is 37.2 Å². The first-order valence-electron chi connectivity index (χ1n) is 9.18. The summed E-state index contributed by atoms with van der Waals surface area (Å²) in [6.07, 6.45) is 1.71. The Hall–Kier alpha value is -3.07. The maximum absolute atomic E-state index is 12.8. The Labute approximate surface area is 169 Å². The van der Waals surface area contributed by atoms with Gasteiger partial charge in [0.05, 0.1) is 6.26 Å². The minimum Gasteiger partial charge on any atom is -0.508 e. The predicted molar refractivity (Wildman–Crippen MR) is 109 cm³/mol. The highest BCUT2D eigenvalue weighted by Crippen LogP contribution is 2.17. The lowest BCUT2D eigenvalue weighted by Gasteiger charge is -2.22. The minimum atomic E-state index is -3.37. The molecule has 0 radical (unpaired) electrons. The van der Waals surface area contributed by atoms with Crippen molar-refractivity contribution in [3.8, 4) is 5.75 Å². The summed E-state index contributed by atoms with van der Waals surface area (Å²) in [5.74, 6) is -0.301. The summed E-state index contributed by atoms with van der Waals surface area (Å²) in [6.45, 7) is 1.84. The second kappa shape index (κ2) is 8.52. The lowest BCUT2D eigenvalue weighted by Crippen LogP contribution is -2.37. The molecule has 0 spiro atoms. The molecule has 0 unspecified atom stereocenters. The highest BCUT2D eigenvalue weighted by Gasteiger charge is 2.23. The third-order valence-electron chi connectivity index (χ3n) is 4.60. The molecule has 3 rings (SSSR count). The number of nitrogens with one attached hydrogen (secondary N) is 1. The van der Waals surface area contributed by atoms with E-state index in [9.17, 15) is 23.1 Å². The first kappa shape index (κ1) is 20.7. The number of carbonyl (C=O) groups excluding carboxylic acids is 2. The molecule has 0 aromatic heterocycles. The largest absolute Gasteiger partial charge is 0.508 e. The van der Waals surface area contributed by atoms with Gasteiger partial charge in [0, 0.05) is 43.0 Å². The predicted octanol–water partition coefficient (Wildman–Crippen LogP) is 1.75. The normalized spacial score (nSPS) is 14.9. The number of rotatable bonds is 4. The fourth-order valence-electron chi connectivity index (χ4n) is 3.22. The number of phenols is 1. The highest BCUT2D eigenvalue weighted by atomic mass is 32.2. The summed E-state index contributed by atoms with van der Waals surface area (Å²) in [7, 11) is -3.37. The van der Waals surface area contributed by atoms with Crippen LogP contribution in [0.2, 0.25) is 0 Å². The summed E-state index contributed by atoms with van der Waals surface area (Å²) < 4.78 is 24.9. The van der Waals surface area contributed by atoms with Gasteiger partial charge in [-0.2, -0.15) is 0 Å². The van der Waals surface area contributed by atoms with E-state index >= 15 is 0 Å². The van der Waals surface area contributed by atoms with Crippen LogP contribution < -0.4 is 4.72 Å². The van der Waals surface area contributed by atoms with Crippen LogP contribution in [0.3, 0.4) is 0 Å². The van der Waals surface area contributed by atoms with Gasteiger partial charge in [0.15, 0.2) is 0 Å². The number of benzene rings is 2. The fraction of sp³-hybridized carbons (Fsp3) is 0.300. The van der Waals surface area contributed by atoms with Crippen molar-refractivity contribution in [3.63, 3.8) is 0 Å². The summed E-state index contributed by atoms with van der Waals surface area (Å²) >= 11 is 0. The summed E-state index contributed by atoms with van der Waals surface area (Å²) in [5, 5.41) is 9.58. The number of hydrogen-bond donors (Lipinski definition) is 2. The molecular weight excluding hydrogens is 394 g/mol. The van der Waals surface area contributed by atoms with Crippen LogP contribution in [0.5, 0.6) is 5.75 Å². The first-order chi connectivity index (χ1) is 13.7. The van der Waals surface area contributed by atoms with E-state index in [1.807, 2.05) is 0 Å². The van der Waals surface area contributed by atoms with Crippen LogP contribution in [0, 0.1) is 0 Å². The molecule has 0 saturated carbocycles. The molecule has 0 aliphatic carbocycles. The number of phenolic OH excluding ortho intramolecular Hbond substituents is 1. The van der Waals surface area contributed by atoms with Gasteiger partial charge >= 0.3 is 0 Å². The average Bonchev–Trinajstić information content (AvgIpc) is 2.92. The van der Waals surface area contributed by atoms with Gasteiger partial charge in [0.2, 0.25) is 10.0 Å². The summed E-state index contributed by atoms with van der Waals surface area (Å²) in [5.41, 5.74) is 1.26. The zero-order chi connectivity index (χ0) is 21.0. The number of hydrogen-bond acceptors (Lipinski definition) is 5. The molecule has 2 aromatic rings. The van der Waals surface area contributed by atoms with Gasteiger partial charge in [0.25, 0.3) is 11.8 Å². The minimum absolute atomic E-state index is 0.0382. The fourth-order valence-corrected chi connectivity index (χ4v) is 3.79. The molecule has 29 heavy (non-hydrogen) atoms. The SMILES string of the molecule is CS(=O)(=O)Nc1ccc(C(=O)N2CCCN(C(=O)c3cccc(O)c3)CC2)cc1. The van der Waals surface area contributed by atoms with Crippen molar-refractivity contribution in [2.45, 2.75) is 6.42 Å². The van der Waals surface area contributed by atoms with Crippen LogP contribution in [0.25, 0.3) is 0 Å². The van der Waals surface area contributed by atoms with E-state index in [-0.39, 0.29) is 17.6 Å². The van der Waals surface area contributed by atoms with Crippen molar-refractivity contribution in [1.82, 2.24) is 9.80 Å². The molecule has 2 aromatic carbocycles. The summed E-state index contributed by atoms with van der Waals surface area (Å²) in [6, 6.07) is 12.5. The zero-order valence-corrected chi connectivity index (χ0v) is 16.9. The van der Waals surface area contributed by atoms with E-state index in [0.717, 1.165) is 6.26 Å². The molecule has 1 aliphatic rings. The Bertz CT molecular complexity index is 1010. The standard InChI is InChI=1S/C20H23N3O5S/c1-29(27,28)21-17-8-6-15(7-9-17)19(25)22-10-3-11-23(13-12-22)20(26)16-4-2-5-18(24)14-16/h2,4-9,14,21,24H,3,10-13H2,1H3. The lowest BCUT2D eigenvalue weighted by molar-refractivity contribution is 0.0718. The number of carbonyl (C=O) groups is 2. The second-order valence-electron chi connectivity index (χ2n) is 6.94. The molecule has 1 aliphatic heterocycles. The zero-order valence-electron chi connectivity index (χ0n) is 16.0. The molecule has 1 heterocycles. The molecular formula is C20H23N3O5S. The van der Waals surface area contributed by atoms with Crippen molar-refractivity contribution >= 4 is 27.5 Å². The molecule has 0 atom stereocenters. The number of sulfonamides is 1. The number of amides is 2. The number of aromatic hydroxyl groups is 1. The van der Waals surface area contributed by atoms with Gasteiger partial charge in [-0.05, 0) is 48.9 Å². The average molecular weight is 417 g/mol. The van der Waals surface area contributed by atoms with Crippen LogP contribution in [0.1, 0.15) is 27.1 Å². The summed E-state index contributed by atoms with van der Waals surface area (Å²) in [4.78, 5) is 28.8. The molecule has 2 N–H and O–H groups in total. The Morgan fingerprint density at radius 2 is 1.48 bits per heavy atom. The number of anilines is 1. The quantitative estimate of drug-likeness (QED) is 0.788. The Kier molecular flexibility index (Phi) is 6.07. The topological polar surface area (TPSA) is 107 Å². The highest BCUT2D eigenvalue weighted by molar-refractivity contribution is 7.92. The van der Waals surface area contributed by atoms with Gasteiger partial charge in [-0.1, -0.05) is 6.07 Å². The van der Waals surface area contributed by atoms with Crippen LogP contribution in [-0.2, 0) is 10.0 Å². The Morgan fingerprint density at radius 3 is 2.03 bits per heavy atom. The smallest absolute Gasteiger partial charge is 0.254 e. The monoisotopic (exact) mass is 417 g/mol. The van der Waals surface area contributed by atoms with Gasteiger partial charge in [-0.3, -0.25) is 14.3 Å². The maximum atomic E-state index is 12.8. The molecule has 8 nitrogen and oxygen atoms in total. The van der Waals surface area contributed by atoms with E-state index in [2.05, 4.69) is 4.72 Å². The van der Waals surface area contributed by atoms with E-state index in [0.29, 0.717) is 49.4 Å². The molecule has 1 saturated heterocycles. The molecule has 0 bridgehead atoms. The molecule has 2 amide bonds. The molecule has 154 valence electrons. The van der Waals surface area contributed by atoms with Gasteiger partial charge < -0.3 is 14.9 Å². The third-order valence-corrected chi connectivity index (χ3v) is 5.21. The number of nitrogens with zero attached hydrogens (tertiary/aromatic N) is 2. The first-order valence-corrected chi connectivity index (χ1v) is 11.1. The Balaban J connectivity index is 1.64. The van der Waals surface area contributed by atoms with Crippen LogP contribution >= 0.6 is 0 Å². The van der Waals surface area contributed by atoms with Crippen molar-refractivity contribution in [3.05, 3.63) is 59.7 Å². The third kappa shape index (κ3) is 5.47. The molecule has 1 fully saturated rings. The van der Waals surface area contributed by atoms with Crippen LogP contribution in [0.4, 0.5) is 5.69 Å². The second-order valence-corrected chi connectivity index (χ2v) is 8.69.